The summed E-state index contributed by atoms with van der Waals surface area (Å²) in [5.74, 6) is -0.156. The topological polar surface area (TPSA) is 173 Å². The zero-order chi connectivity index (χ0) is 39.5. The Morgan fingerprint density at radius 2 is 1.62 bits per heavy atom. The van der Waals surface area contributed by atoms with E-state index in [2.05, 4.69) is 37.5 Å². The van der Waals surface area contributed by atoms with Gasteiger partial charge in [0.2, 0.25) is 5.95 Å². The maximum absolute atomic E-state index is 16.4. The maximum atomic E-state index is 16.4. The van der Waals surface area contributed by atoms with Gasteiger partial charge in [-0.1, -0.05) is 90.4 Å². The van der Waals surface area contributed by atoms with Crippen LogP contribution in [0, 0.1) is 17.1 Å². The molecule has 3 aromatic rings. The van der Waals surface area contributed by atoms with E-state index in [0.29, 0.717) is 48.2 Å². The predicted molar refractivity (Wildman–Crippen MR) is 212 cm³/mol. The van der Waals surface area contributed by atoms with E-state index in [-0.39, 0.29) is 37.0 Å². The Labute approximate surface area is 325 Å². The zero-order valence-corrected chi connectivity index (χ0v) is 34.1. The molecule has 13 nitrogen and oxygen atoms in total. The standard InChI is InChI=1S/C40H61FN7O6P/c1-5-7-8-9-10-11-12-13-14-15-16-17-18-19-25-52-55(50,53-26-21-23-42)54-40(3,4)37-44-28-30(29-45-37)31-27-32-36(34(35(31)41)33-22-20-24-51-33)47-38(46-32)48-39(49)43-6-2/h27-29,33H,5-22,24-26H2,1-4H3,(H3,43,46,47,48,49)/t33-,55?/m1/s1. The van der Waals surface area contributed by atoms with Crippen LogP contribution in [0.4, 0.5) is 15.1 Å². The summed E-state index contributed by atoms with van der Waals surface area (Å²) in [6, 6.07) is 3.12. The number of anilines is 1. The molecule has 15 heteroatoms. The van der Waals surface area contributed by atoms with Crippen LogP contribution in [0.25, 0.3) is 22.2 Å². The molecule has 3 heterocycles. The lowest BCUT2D eigenvalue weighted by atomic mass is 9.98. The Morgan fingerprint density at radius 1 is 1.00 bits per heavy atom. The van der Waals surface area contributed by atoms with Gasteiger partial charge in [-0.2, -0.15) is 5.26 Å². The molecule has 0 aliphatic carbocycles. The van der Waals surface area contributed by atoms with Crippen molar-refractivity contribution >= 4 is 30.8 Å². The Bertz CT molecular complexity index is 1710. The molecule has 1 saturated heterocycles. The van der Waals surface area contributed by atoms with Crippen molar-refractivity contribution in [3.63, 3.8) is 0 Å². The molecule has 1 aromatic carbocycles. The van der Waals surface area contributed by atoms with Gasteiger partial charge in [-0.3, -0.25) is 18.9 Å². The van der Waals surface area contributed by atoms with E-state index in [9.17, 15) is 9.36 Å². The van der Waals surface area contributed by atoms with Gasteiger partial charge in [0, 0.05) is 42.2 Å². The number of nitriles is 1. The second-order valence-corrected chi connectivity index (χ2v) is 16.2. The highest BCUT2D eigenvalue weighted by Gasteiger charge is 2.38. The summed E-state index contributed by atoms with van der Waals surface area (Å²) < 4.78 is 53.3. The first-order valence-electron chi connectivity index (χ1n) is 20.3. The number of H-pyrrole nitrogens is 1. The van der Waals surface area contributed by atoms with Gasteiger partial charge < -0.3 is 15.0 Å². The van der Waals surface area contributed by atoms with Gasteiger partial charge in [0.25, 0.3) is 0 Å². The molecule has 304 valence electrons. The van der Waals surface area contributed by atoms with Gasteiger partial charge in [0.05, 0.1) is 42.8 Å². The third kappa shape index (κ3) is 13.9. The van der Waals surface area contributed by atoms with Gasteiger partial charge in [-0.05, 0) is 46.1 Å². The maximum Gasteiger partial charge on any atom is 0.475 e. The molecule has 2 amide bonds. The van der Waals surface area contributed by atoms with Crippen LogP contribution in [-0.2, 0) is 28.5 Å². The number of hydrogen-bond donors (Lipinski definition) is 3. The van der Waals surface area contributed by atoms with Gasteiger partial charge >= 0.3 is 13.9 Å². The number of imidazole rings is 1. The molecule has 1 unspecified atom stereocenters. The third-order valence-corrected chi connectivity index (χ3v) is 11.3. The highest BCUT2D eigenvalue weighted by Crippen LogP contribution is 2.54. The molecule has 0 radical (unpaired) electrons. The summed E-state index contributed by atoms with van der Waals surface area (Å²) in [6.07, 6.45) is 20.9. The molecule has 1 aliphatic rings. The SMILES string of the molecule is CCCCCCCCCCCCCCCCOP(=O)(OCCC#N)OC(C)(C)c1ncc(-c2cc3nc(NC(=O)NCC)[nH]c3c([C@H]3CCCO3)c2F)cn1. The Kier molecular flexibility index (Phi) is 18.4. The number of aromatic nitrogens is 4. The molecule has 4 rings (SSSR count). The van der Waals surface area contributed by atoms with Gasteiger partial charge in [-0.25, -0.2) is 28.7 Å². The molecule has 0 saturated carbocycles. The van der Waals surface area contributed by atoms with Crippen LogP contribution < -0.4 is 10.6 Å². The summed E-state index contributed by atoms with van der Waals surface area (Å²) in [5.41, 5.74) is 0.452. The van der Waals surface area contributed by atoms with E-state index in [1.54, 1.807) is 26.8 Å². The van der Waals surface area contributed by atoms with Crippen LogP contribution in [0.15, 0.2) is 18.5 Å². The van der Waals surface area contributed by atoms with Crippen molar-refractivity contribution < 1.29 is 32.1 Å². The molecule has 1 aliphatic heterocycles. The summed E-state index contributed by atoms with van der Waals surface area (Å²) in [5, 5.41) is 14.3. The molecule has 3 N–H and O–H groups in total. The van der Waals surface area contributed by atoms with Gasteiger partial charge in [0.1, 0.15) is 11.4 Å². The van der Waals surface area contributed by atoms with E-state index in [4.69, 9.17) is 23.6 Å². The number of rotatable bonds is 26. The molecular weight excluding hydrogens is 724 g/mol. The highest BCUT2D eigenvalue weighted by atomic mass is 31.2. The highest BCUT2D eigenvalue weighted by molar-refractivity contribution is 7.48. The molecule has 0 bridgehead atoms. The second kappa shape index (κ2) is 22.9. The first-order chi connectivity index (χ1) is 26.6. The number of ether oxygens (including phenoxy) is 1. The van der Waals surface area contributed by atoms with E-state index in [0.717, 1.165) is 25.7 Å². The van der Waals surface area contributed by atoms with Crippen LogP contribution in [0.5, 0.6) is 0 Å². The van der Waals surface area contributed by atoms with Crippen molar-refractivity contribution in [2.45, 2.75) is 149 Å². The van der Waals surface area contributed by atoms with Gasteiger partial charge in [0.15, 0.2) is 5.82 Å². The normalized spacial score (nSPS) is 15.6. The summed E-state index contributed by atoms with van der Waals surface area (Å²) in [4.78, 5) is 28.7. The van der Waals surface area contributed by atoms with Crippen LogP contribution >= 0.6 is 7.82 Å². The molecule has 1 fully saturated rings. The Balaban J connectivity index is 1.36. The van der Waals surface area contributed by atoms with Crippen LogP contribution in [-0.4, -0.2) is 52.3 Å². The lowest BCUT2D eigenvalue weighted by Gasteiger charge is -2.28. The predicted octanol–water partition coefficient (Wildman–Crippen LogP) is 10.9. The van der Waals surface area contributed by atoms with Crippen LogP contribution in [0.1, 0.15) is 154 Å². The van der Waals surface area contributed by atoms with Crippen molar-refractivity contribution in [2.24, 2.45) is 0 Å². The lowest BCUT2D eigenvalue weighted by molar-refractivity contribution is 0.0243. The number of halogens is 1. The number of phosphoric ester groups is 1. The number of unbranched alkanes of at least 4 members (excludes halogenated alkanes) is 13. The molecule has 2 aromatic heterocycles. The van der Waals surface area contributed by atoms with Crippen LogP contribution in [0.3, 0.4) is 0 Å². The largest absolute Gasteiger partial charge is 0.475 e. The Morgan fingerprint density at radius 3 is 2.20 bits per heavy atom. The number of urea groups is 1. The summed E-state index contributed by atoms with van der Waals surface area (Å²) in [7, 11) is -4.11. The number of amides is 2. The van der Waals surface area contributed by atoms with Crippen molar-refractivity contribution in [1.82, 2.24) is 25.3 Å². The minimum Gasteiger partial charge on any atom is -0.373 e. The van der Waals surface area contributed by atoms with E-state index >= 15 is 4.39 Å². The number of fused-ring (bicyclic) bond motifs is 1. The van der Waals surface area contributed by atoms with E-state index in [1.807, 2.05) is 6.07 Å². The van der Waals surface area contributed by atoms with Crippen molar-refractivity contribution in [2.75, 3.05) is 31.7 Å². The number of carbonyl (C=O) groups is 1. The lowest BCUT2D eigenvalue weighted by Crippen LogP contribution is -2.28. The second-order valence-electron chi connectivity index (χ2n) is 14.6. The molecule has 2 atom stereocenters. The number of nitrogens with zero attached hydrogens (tertiary/aromatic N) is 4. The smallest absolute Gasteiger partial charge is 0.373 e. The van der Waals surface area contributed by atoms with Crippen molar-refractivity contribution in [1.29, 1.82) is 5.26 Å². The van der Waals surface area contributed by atoms with E-state index in [1.165, 1.54) is 76.6 Å². The Hall–Kier alpha value is -3.47. The number of aromatic amines is 1. The number of nitrogens with one attached hydrogen (secondary N) is 3. The fourth-order valence-corrected chi connectivity index (χ4v) is 8.19. The molecule has 55 heavy (non-hydrogen) atoms. The monoisotopic (exact) mass is 785 g/mol. The third-order valence-electron chi connectivity index (χ3n) is 9.63. The van der Waals surface area contributed by atoms with Crippen molar-refractivity contribution in [3.05, 3.63) is 35.7 Å². The van der Waals surface area contributed by atoms with Crippen LogP contribution in [0.2, 0.25) is 0 Å². The fourth-order valence-electron chi connectivity index (χ4n) is 6.70. The average Bonchev–Trinajstić information content (AvgIpc) is 3.83. The molecule has 0 spiro atoms. The van der Waals surface area contributed by atoms with Crippen molar-refractivity contribution in [3.8, 4) is 17.2 Å². The number of phosphoric acid groups is 1. The number of benzene rings is 1. The molecular formula is C40H61FN7O6P. The van der Waals surface area contributed by atoms with Gasteiger partial charge in [-0.15, -0.1) is 0 Å². The summed E-state index contributed by atoms with van der Waals surface area (Å²) in [6.45, 7) is 8.34. The fraction of sp³-hybridized carbons (Fsp3) is 0.675. The number of hydrogen-bond acceptors (Lipinski definition) is 10. The van der Waals surface area contributed by atoms with E-state index < -0.39 is 31.4 Å². The first kappa shape index (κ1) is 44.2. The number of carbonyl (C=O) groups excluding carboxylic acids is 1. The minimum absolute atomic E-state index is 0.0183. The summed E-state index contributed by atoms with van der Waals surface area (Å²) >= 11 is 0. The average molecular weight is 786 g/mol. The quantitative estimate of drug-likeness (QED) is 0.0525. The first-order valence-corrected chi connectivity index (χ1v) is 21.7. The minimum atomic E-state index is -4.11. The zero-order valence-electron chi connectivity index (χ0n) is 33.2.